The summed E-state index contributed by atoms with van der Waals surface area (Å²) in [5.41, 5.74) is 2.80. The molecule has 8 heteroatoms. The number of nitrogens with one attached hydrogen (secondary N) is 1. The molecule has 6 nitrogen and oxygen atoms in total. The van der Waals surface area contributed by atoms with Gasteiger partial charge in [0.05, 0.1) is 5.75 Å². The Morgan fingerprint density at radius 1 is 0.967 bits per heavy atom. The molecule has 0 fully saturated rings. The molecule has 0 unspecified atom stereocenters. The number of rotatable bonds is 7. The number of amides is 1. The second-order valence-electron chi connectivity index (χ2n) is 6.40. The van der Waals surface area contributed by atoms with Crippen LogP contribution in [0.2, 0.25) is 5.02 Å². The summed E-state index contributed by atoms with van der Waals surface area (Å²) >= 11 is 7.38. The van der Waals surface area contributed by atoms with Crippen molar-refractivity contribution in [3.05, 3.63) is 89.7 Å². The van der Waals surface area contributed by atoms with Crippen molar-refractivity contribution >= 4 is 29.3 Å². The van der Waals surface area contributed by atoms with Crippen molar-refractivity contribution in [3.63, 3.8) is 0 Å². The van der Waals surface area contributed by atoms with Gasteiger partial charge < -0.3 is 5.32 Å². The SMILES string of the molecule is O=C(CSc1nnc(-c2ccncc2)n1-c1ccc(Cl)cc1)NCc1ccccc1. The van der Waals surface area contributed by atoms with Crippen molar-refractivity contribution in [3.8, 4) is 17.1 Å². The van der Waals surface area contributed by atoms with Gasteiger partial charge in [-0.05, 0) is 42.0 Å². The van der Waals surface area contributed by atoms with Crippen LogP contribution >= 0.6 is 23.4 Å². The van der Waals surface area contributed by atoms with E-state index >= 15 is 0 Å². The van der Waals surface area contributed by atoms with E-state index in [9.17, 15) is 4.79 Å². The van der Waals surface area contributed by atoms with Gasteiger partial charge in [-0.25, -0.2) is 0 Å². The number of nitrogens with zero attached hydrogens (tertiary/aromatic N) is 4. The predicted molar refractivity (Wildman–Crippen MR) is 119 cm³/mol. The summed E-state index contributed by atoms with van der Waals surface area (Å²) in [6, 6.07) is 21.0. The van der Waals surface area contributed by atoms with E-state index in [4.69, 9.17) is 11.6 Å². The maximum atomic E-state index is 12.3. The summed E-state index contributed by atoms with van der Waals surface area (Å²) in [7, 11) is 0. The summed E-state index contributed by atoms with van der Waals surface area (Å²) in [5.74, 6) is 0.835. The van der Waals surface area contributed by atoms with Crippen LogP contribution in [0.15, 0.2) is 84.3 Å². The molecular weight excluding hydrogens is 418 g/mol. The largest absolute Gasteiger partial charge is 0.351 e. The summed E-state index contributed by atoms with van der Waals surface area (Å²) in [5, 5.41) is 12.9. The van der Waals surface area contributed by atoms with Crippen molar-refractivity contribution in [2.75, 3.05) is 5.75 Å². The average molecular weight is 436 g/mol. The number of thioether (sulfide) groups is 1. The van der Waals surface area contributed by atoms with Crippen molar-refractivity contribution in [1.29, 1.82) is 0 Å². The normalized spacial score (nSPS) is 10.7. The molecule has 4 rings (SSSR count). The Kier molecular flexibility index (Phi) is 6.41. The van der Waals surface area contributed by atoms with Crippen molar-refractivity contribution in [2.45, 2.75) is 11.7 Å². The van der Waals surface area contributed by atoms with E-state index < -0.39 is 0 Å². The summed E-state index contributed by atoms with van der Waals surface area (Å²) in [6.45, 7) is 0.492. The Labute approximate surface area is 183 Å². The molecule has 4 aromatic rings. The van der Waals surface area contributed by atoms with Crippen LogP contribution in [-0.2, 0) is 11.3 Å². The van der Waals surface area contributed by atoms with Gasteiger partial charge in [0, 0.05) is 35.2 Å². The van der Waals surface area contributed by atoms with Gasteiger partial charge in [-0.3, -0.25) is 14.3 Å². The maximum absolute atomic E-state index is 12.3. The van der Waals surface area contributed by atoms with Gasteiger partial charge in [0.2, 0.25) is 5.91 Å². The number of carbonyl (C=O) groups is 1. The molecule has 0 atom stereocenters. The minimum atomic E-state index is -0.0695. The van der Waals surface area contributed by atoms with Crippen molar-refractivity contribution < 1.29 is 4.79 Å². The zero-order valence-electron chi connectivity index (χ0n) is 15.9. The zero-order valence-corrected chi connectivity index (χ0v) is 17.5. The molecule has 0 aliphatic heterocycles. The van der Waals surface area contributed by atoms with Gasteiger partial charge in [0.1, 0.15) is 0 Å². The summed E-state index contributed by atoms with van der Waals surface area (Å²) < 4.78 is 1.92. The number of pyridine rings is 1. The van der Waals surface area contributed by atoms with Gasteiger partial charge in [-0.15, -0.1) is 10.2 Å². The molecule has 0 saturated carbocycles. The number of halogens is 1. The van der Waals surface area contributed by atoms with Crippen LogP contribution in [0.3, 0.4) is 0 Å². The maximum Gasteiger partial charge on any atom is 0.230 e. The summed E-state index contributed by atoms with van der Waals surface area (Å²) in [6.07, 6.45) is 3.42. The lowest BCUT2D eigenvalue weighted by Crippen LogP contribution is -2.24. The third kappa shape index (κ3) is 4.87. The molecule has 2 aromatic heterocycles. The fourth-order valence-corrected chi connectivity index (χ4v) is 3.76. The smallest absolute Gasteiger partial charge is 0.230 e. The molecule has 1 N–H and O–H groups in total. The monoisotopic (exact) mass is 435 g/mol. The third-order valence-electron chi connectivity index (χ3n) is 4.32. The number of hydrogen-bond acceptors (Lipinski definition) is 5. The highest BCUT2D eigenvalue weighted by Gasteiger charge is 2.17. The highest BCUT2D eigenvalue weighted by atomic mass is 35.5. The number of hydrogen-bond donors (Lipinski definition) is 1. The lowest BCUT2D eigenvalue weighted by molar-refractivity contribution is -0.118. The lowest BCUT2D eigenvalue weighted by atomic mass is 10.2. The van der Waals surface area contributed by atoms with Crippen molar-refractivity contribution in [2.24, 2.45) is 0 Å². The Morgan fingerprint density at radius 3 is 2.43 bits per heavy atom. The fourth-order valence-electron chi connectivity index (χ4n) is 2.85. The van der Waals surface area contributed by atoms with E-state index in [1.54, 1.807) is 12.4 Å². The van der Waals surface area contributed by atoms with Crippen LogP contribution in [0.5, 0.6) is 0 Å². The molecule has 150 valence electrons. The zero-order chi connectivity index (χ0) is 20.8. The molecule has 2 heterocycles. The molecule has 0 saturated heterocycles. The fraction of sp³-hybridized carbons (Fsp3) is 0.0909. The van der Waals surface area contributed by atoms with E-state index in [2.05, 4.69) is 20.5 Å². The van der Waals surface area contributed by atoms with Gasteiger partial charge in [-0.2, -0.15) is 0 Å². The van der Waals surface area contributed by atoms with Crippen LogP contribution in [-0.4, -0.2) is 31.4 Å². The molecule has 0 spiro atoms. The standard InChI is InChI=1S/C22H18ClN5OS/c23-18-6-8-19(9-7-18)28-21(17-10-12-24-13-11-17)26-27-22(28)30-15-20(29)25-14-16-4-2-1-3-5-16/h1-13H,14-15H2,(H,25,29). The number of benzene rings is 2. The lowest BCUT2D eigenvalue weighted by Gasteiger charge is -2.10. The molecule has 0 aliphatic carbocycles. The van der Waals surface area contributed by atoms with E-state index in [-0.39, 0.29) is 11.7 Å². The van der Waals surface area contributed by atoms with Crippen LogP contribution in [0, 0.1) is 0 Å². The molecule has 30 heavy (non-hydrogen) atoms. The molecule has 2 aromatic carbocycles. The second kappa shape index (κ2) is 9.56. The van der Waals surface area contributed by atoms with E-state index in [1.165, 1.54) is 11.8 Å². The highest BCUT2D eigenvalue weighted by molar-refractivity contribution is 7.99. The van der Waals surface area contributed by atoms with Crippen LogP contribution < -0.4 is 5.32 Å². The number of carbonyl (C=O) groups excluding carboxylic acids is 1. The van der Waals surface area contributed by atoms with E-state index in [0.717, 1.165) is 16.8 Å². The van der Waals surface area contributed by atoms with E-state index in [1.807, 2.05) is 71.3 Å². The van der Waals surface area contributed by atoms with Crippen molar-refractivity contribution in [1.82, 2.24) is 25.1 Å². The average Bonchev–Trinajstić information content (AvgIpc) is 3.22. The van der Waals surface area contributed by atoms with Gasteiger partial charge in [0.15, 0.2) is 11.0 Å². The second-order valence-corrected chi connectivity index (χ2v) is 7.78. The van der Waals surface area contributed by atoms with Crippen LogP contribution in [0.4, 0.5) is 0 Å². The quantitative estimate of drug-likeness (QED) is 0.436. The van der Waals surface area contributed by atoms with Gasteiger partial charge >= 0.3 is 0 Å². The Bertz CT molecular complexity index is 1120. The molecule has 0 bridgehead atoms. The molecule has 0 radical (unpaired) electrons. The minimum Gasteiger partial charge on any atom is -0.351 e. The first-order chi connectivity index (χ1) is 14.7. The topological polar surface area (TPSA) is 72.7 Å². The highest BCUT2D eigenvalue weighted by Crippen LogP contribution is 2.28. The van der Waals surface area contributed by atoms with E-state index in [0.29, 0.717) is 22.5 Å². The molecular formula is C22H18ClN5OS. The minimum absolute atomic E-state index is 0.0695. The first-order valence-corrected chi connectivity index (χ1v) is 10.6. The predicted octanol–water partition coefficient (Wildman–Crippen LogP) is 4.39. The van der Waals surface area contributed by atoms with Crippen LogP contribution in [0.1, 0.15) is 5.56 Å². The number of aromatic nitrogens is 4. The first-order valence-electron chi connectivity index (χ1n) is 9.26. The summed E-state index contributed by atoms with van der Waals surface area (Å²) in [4.78, 5) is 16.4. The Balaban J connectivity index is 1.53. The van der Waals surface area contributed by atoms with Gasteiger partial charge in [0.25, 0.3) is 0 Å². The Hall–Kier alpha value is -3.16. The molecule has 1 amide bonds. The van der Waals surface area contributed by atoms with Gasteiger partial charge in [-0.1, -0.05) is 53.7 Å². The van der Waals surface area contributed by atoms with Crippen LogP contribution in [0.25, 0.3) is 17.1 Å². The first kappa shape index (κ1) is 20.1. The Morgan fingerprint density at radius 2 is 1.70 bits per heavy atom. The third-order valence-corrected chi connectivity index (χ3v) is 5.50. The molecule has 0 aliphatic rings.